The van der Waals surface area contributed by atoms with Crippen molar-refractivity contribution in [1.29, 1.82) is 0 Å². The van der Waals surface area contributed by atoms with E-state index in [1.165, 1.54) is 17.4 Å². The Kier molecular flexibility index (Phi) is 3.73. The summed E-state index contributed by atoms with van der Waals surface area (Å²) in [4.78, 5) is 28.6. The van der Waals surface area contributed by atoms with Crippen LogP contribution in [0.5, 0.6) is 0 Å². The first kappa shape index (κ1) is 16.0. The van der Waals surface area contributed by atoms with Crippen molar-refractivity contribution in [3.8, 4) is 0 Å². The highest BCUT2D eigenvalue weighted by atomic mass is 32.1. The molecule has 1 saturated heterocycles. The molecule has 3 aromatic rings. The zero-order chi connectivity index (χ0) is 17.7. The van der Waals surface area contributed by atoms with E-state index in [1.54, 1.807) is 22.0 Å². The van der Waals surface area contributed by atoms with Crippen LogP contribution in [-0.2, 0) is 0 Å². The van der Waals surface area contributed by atoms with Crippen LogP contribution >= 0.6 is 11.3 Å². The molecule has 0 radical (unpaired) electrons. The third-order valence-electron chi connectivity index (χ3n) is 4.68. The third kappa shape index (κ3) is 2.49. The van der Waals surface area contributed by atoms with Gasteiger partial charge in [0.2, 0.25) is 5.43 Å². The Labute approximate surface area is 146 Å². The second kappa shape index (κ2) is 5.82. The Morgan fingerprint density at radius 3 is 2.64 bits per heavy atom. The van der Waals surface area contributed by atoms with Gasteiger partial charge in [-0.3, -0.25) is 4.79 Å². The van der Waals surface area contributed by atoms with Gasteiger partial charge in [-0.15, -0.1) is 11.3 Å². The lowest BCUT2D eigenvalue weighted by molar-refractivity contribution is 0.0697. The largest absolute Gasteiger partial charge is 0.477 e. The van der Waals surface area contributed by atoms with E-state index in [0.717, 1.165) is 13.1 Å². The number of anilines is 1. The van der Waals surface area contributed by atoms with Crippen LogP contribution in [0.1, 0.15) is 10.4 Å². The van der Waals surface area contributed by atoms with Gasteiger partial charge >= 0.3 is 5.97 Å². The maximum Gasteiger partial charge on any atom is 0.342 e. The molecule has 0 bridgehead atoms. The van der Waals surface area contributed by atoms with Crippen molar-refractivity contribution < 1.29 is 14.3 Å². The average molecular weight is 361 g/mol. The number of aromatic carboxylic acids is 1. The van der Waals surface area contributed by atoms with Gasteiger partial charge in [-0.1, -0.05) is 0 Å². The predicted molar refractivity (Wildman–Crippen MR) is 95.7 cm³/mol. The van der Waals surface area contributed by atoms with Gasteiger partial charge in [0.25, 0.3) is 0 Å². The zero-order valence-electron chi connectivity index (χ0n) is 13.5. The van der Waals surface area contributed by atoms with E-state index < -0.39 is 17.2 Å². The van der Waals surface area contributed by atoms with Crippen molar-refractivity contribution in [2.24, 2.45) is 0 Å². The number of thiazole rings is 1. The van der Waals surface area contributed by atoms with Crippen LogP contribution < -0.4 is 10.3 Å². The van der Waals surface area contributed by atoms with Gasteiger partial charge in [-0.25, -0.2) is 9.18 Å². The van der Waals surface area contributed by atoms with Crippen LogP contribution in [0.25, 0.3) is 15.7 Å². The monoisotopic (exact) mass is 361 g/mol. The van der Waals surface area contributed by atoms with Gasteiger partial charge in [0.15, 0.2) is 0 Å². The molecule has 1 aliphatic heterocycles. The SMILES string of the molecule is CN1CCN(c2cc3c(cc2F)c(=O)c(C(=O)O)c2sccn23)CC1. The van der Waals surface area contributed by atoms with Gasteiger partial charge in [-0.05, 0) is 19.2 Å². The lowest BCUT2D eigenvalue weighted by atomic mass is 10.1. The fraction of sp³-hybridized carbons (Fsp3) is 0.294. The number of rotatable bonds is 2. The van der Waals surface area contributed by atoms with Crippen molar-refractivity contribution >= 4 is 38.7 Å². The van der Waals surface area contributed by atoms with E-state index in [4.69, 9.17) is 0 Å². The van der Waals surface area contributed by atoms with Crippen LogP contribution in [0.3, 0.4) is 0 Å². The van der Waals surface area contributed by atoms with Gasteiger partial charge in [0.1, 0.15) is 16.2 Å². The van der Waals surface area contributed by atoms with Crippen molar-refractivity contribution in [2.45, 2.75) is 0 Å². The van der Waals surface area contributed by atoms with Crippen LogP contribution in [0, 0.1) is 5.82 Å². The number of piperazine rings is 1. The van der Waals surface area contributed by atoms with E-state index in [9.17, 15) is 19.1 Å². The first-order valence-corrected chi connectivity index (χ1v) is 8.77. The zero-order valence-corrected chi connectivity index (χ0v) is 14.3. The summed E-state index contributed by atoms with van der Waals surface area (Å²) < 4.78 is 16.3. The fourth-order valence-corrected chi connectivity index (χ4v) is 4.17. The van der Waals surface area contributed by atoms with E-state index in [0.29, 0.717) is 29.1 Å². The maximum absolute atomic E-state index is 14.7. The minimum absolute atomic E-state index is 0.0867. The standard InChI is InChI=1S/C17H16FN3O3S/c1-19-2-4-20(5-3-19)13-9-12-10(8-11(13)18)15(22)14(17(23)24)16-21(12)6-7-25-16/h6-9H,2-5H2,1H3,(H,23,24). The van der Waals surface area contributed by atoms with Gasteiger partial charge in [-0.2, -0.15) is 0 Å². The number of aromatic nitrogens is 1. The molecule has 0 amide bonds. The number of nitrogens with zero attached hydrogens (tertiary/aromatic N) is 3. The summed E-state index contributed by atoms with van der Waals surface area (Å²) in [5.41, 5.74) is 0.0210. The molecule has 4 rings (SSSR count). The number of carboxylic acids is 1. The number of fused-ring (bicyclic) bond motifs is 3. The number of likely N-dealkylation sites (N-methyl/N-ethyl adjacent to an activating group) is 1. The van der Waals surface area contributed by atoms with Gasteiger partial charge in [0.05, 0.1) is 16.6 Å². The van der Waals surface area contributed by atoms with Crippen molar-refractivity contribution in [2.75, 3.05) is 38.1 Å². The Hall–Kier alpha value is -2.45. The predicted octanol–water partition coefficient (Wildman–Crippen LogP) is 2.10. The molecule has 0 unspecified atom stereocenters. The van der Waals surface area contributed by atoms with Crippen LogP contribution in [0.15, 0.2) is 28.5 Å². The minimum atomic E-state index is -1.30. The normalized spacial score (nSPS) is 16.0. The molecule has 0 atom stereocenters. The molecular weight excluding hydrogens is 345 g/mol. The summed E-state index contributed by atoms with van der Waals surface area (Å²) in [7, 11) is 2.02. The van der Waals surface area contributed by atoms with Gasteiger partial charge < -0.3 is 19.3 Å². The first-order chi connectivity index (χ1) is 12.0. The molecule has 1 N–H and O–H groups in total. The number of carbonyl (C=O) groups is 1. The molecule has 2 aromatic heterocycles. The number of hydrogen-bond donors (Lipinski definition) is 1. The summed E-state index contributed by atoms with van der Waals surface area (Å²) in [6.07, 6.45) is 1.71. The second-order valence-corrected chi connectivity index (χ2v) is 7.09. The molecule has 0 aliphatic carbocycles. The smallest absolute Gasteiger partial charge is 0.342 e. The maximum atomic E-state index is 14.7. The van der Waals surface area contributed by atoms with Crippen molar-refractivity contribution in [3.63, 3.8) is 0 Å². The van der Waals surface area contributed by atoms with E-state index in [1.807, 2.05) is 11.9 Å². The molecule has 0 saturated carbocycles. The molecule has 1 aliphatic rings. The molecule has 6 nitrogen and oxygen atoms in total. The molecule has 25 heavy (non-hydrogen) atoms. The molecule has 1 fully saturated rings. The highest BCUT2D eigenvalue weighted by Gasteiger charge is 2.23. The lowest BCUT2D eigenvalue weighted by Gasteiger charge is -2.34. The molecule has 130 valence electrons. The Balaban J connectivity index is 1.98. The van der Waals surface area contributed by atoms with Gasteiger partial charge in [0, 0.05) is 37.8 Å². The summed E-state index contributed by atoms with van der Waals surface area (Å²) in [5, 5.41) is 11.2. The quantitative estimate of drug-likeness (QED) is 0.757. The number of carboxylic acid groups (broad SMARTS) is 1. The topological polar surface area (TPSA) is 65.3 Å². The van der Waals surface area contributed by atoms with E-state index in [-0.39, 0.29) is 10.9 Å². The third-order valence-corrected chi connectivity index (χ3v) is 5.56. The number of halogens is 1. The summed E-state index contributed by atoms with van der Waals surface area (Å²) in [6.45, 7) is 3.08. The second-order valence-electron chi connectivity index (χ2n) is 6.20. The highest BCUT2D eigenvalue weighted by molar-refractivity contribution is 7.16. The van der Waals surface area contributed by atoms with E-state index in [2.05, 4.69) is 4.90 Å². The Bertz CT molecular complexity index is 1050. The lowest BCUT2D eigenvalue weighted by Crippen LogP contribution is -2.44. The highest BCUT2D eigenvalue weighted by Crippen LogP contribution is 2.28. The number of pyridine rings is 1. The van der Waals surface area contributed by atoms with Crippen molar-refractivity contribution in [1.82, 2.24) is 9.30 Å². The summed E-state index contributed by atoms with van der Waals surface area (Å²) in [6, 6.07) is 2.82. The Morgan fingerprint density at radius 1 is 1.24 bits per heavy atom. The minimum Gasteiger partial charge on any atom is -0.477 e. The molecule has 3 heterocycles. The Morgan fingerprint density at radius 2 is 1.96 bits per heavy atom. The molecule has 8 heteroatoms. The molecule has 0 spiro atoms. The first-order valence-electron chi connectivity index (χ1n) is 7.89. The average Bonchev–Trinajstić information content (AvgIpc) is 3.04. The fourth-order valence-electron chi connectivity index (χ4n) is 3.29. The van der Waals surface area contributed by atoms with Crippen molar-refractivity contribution in [3.05, 3.63) is 45.3 Å². The van der Waals surface area contributed by atoms with Crippen LogP contribution in [0.2, 0.25) is 0 Å². The molecular formula is C17H16FN3O3S. The van der Waals surface area contributed by atoms with Crippen LogP contribution in [-0.4, -0.2) is 53.6 Å². The molecule has 1 aromatic carbocycles. The number of benzene rings is 1. The number of hydrogen-bond acceptors (Lipinski definition) is 5. The van der Waals surface area contributed by atoms with E-state index >= 15 is 0 Å². The summed E-state index contributed by atoms with van der Waals surface area (Å²) >= 11 is 1.19. The summed E-state index contributed by atoms with van der Waals surface area (Å²) in [5.74, 6) is -1.80. The van der Waals surface area contributed by atoms with Crippen LogP contribution in [0.4, 0.5) is 10.1 Å².